The average molecular weight is 290 g/mol. The quantitative estimate of drug-likeness (QED) is 0.763. The van der Waals surface area contributed by atoms with Crippen LogP contribution < -0.4 is 5.32 Å². The lowest BCUT2D eigenvalue weighted by molar-refractivity contribution is -0.141. The summed E-state index contributed by atoms with van der Waals surface area (Å²) in [6.07, 6.45) is 1.51. The topological polar surface area (TPSA) is 62.2 Å². The van der Waals surface area contributed by atoms with Crippen LogP contribution in [0, 0.1) is 5.92 Å². The van der Waals surface area contributed by atoms with E-state index in [4.69, 9.17) is 5.11 Å². The van der Waals surface area contributed by atoms with Crippen molar-refractivity contribution in [2.45, 2.75) is 19.8 Å². The summed E-state index contributed by atoms with van der Waals surface area (Å²) < 4.78 is 0. The fraction of sp³-hybridized carbons (Fsp3) is 0.333. The van der Waals surface area contributed by atoms with E-state index in [1.807, 2.05) is 35.7 Å². The molecule has 2 N–H and O–H groups in total. The Morgan fingerprint density at radius 3 is 2.85 bits per heavy atom. The molecule has 2 rings (SSSR count). The first-order valence-corrected chi connectivity index (χ1v) is 7.52. The minimum absolute atomic E-state index is 0.284. The fourth-order valence-corrected chi connectivity index (χ4v) is 2.57. The first-order chi connectivity index (χ1) is 9.66. The van der Waals surface area contributed by atoms with Gasteiger partial charge in [-0.25, -0.2) is 4.98 Å². The minimum Gasteiger partial charge on any atom is -0.481 e. The Labute approximate surface area is 122 Å². The summed E-state index contributed by atoms with van der Waals surface area (Å²) in [5.74, 6) is -1.02. The molecule has 0 radical (unpaired) electrons. The zero-order valence-electron chi connectivity index (χ0n) is 11.4. The molecule has 1 atom stereocenters. The average Bonchev–Trinajstić information content (AvgIpc) is 2.93. The minimum atomic E-state index is -0.731. The zero-order chi connectivity index (χ0) is 14.4. The molecule has 0 saturated heterocycles. The molecule has 0 spiro atoms. The van der Waals surface area contributed by atoms with Crippen molar-refractivity contribution in [1.82, 2.24) is 4.98 Å². The second-order valence-electron chi connectivity index (χ2n) is 4.71. The van der Waals surface area contributed by atoms with Crippen LogP contribution in [0.2, 0.25) is 0 Å². The van der Waals surface area contributed by atoms with Gasteiger partial charge in [0.1, 0.15) is 0 Å². The number of nitrogens with one attached hydrogen (secondary N) is 1. The molecule has 1 heterocycles. The molecule has 5 heteroatoms. The van der Waals surface area contributed by atoms with Crippen molar-refractivity contribution in [3.05, 3.63) is 35.7 Å². The fourth-order valence-electron chi connectivity index (χ4n) is 1.82. The summed E-state index contributed by atoms with van der Waals surface area (Å²) in [7, 11) is 0. The predicted molar refractivity (Wildman–Crippen MR) is 82.1 cm³/mol. The molecule has 0 bridgehead atoms. The van der Waals surface area contributed by atoms with Crippen molar-refractivity contribution in [1.29, 1.82) is 0 Å². The summed E-state index contributed by atoms with van der Waals surface area (Å²) in [5.41, 5.74) is 2.08. The Hall–Kier alpha value is -1.88. The van der Waals surface area contributed by atoms with Gasteiger partial charge in [-0.15, -0.1) is 11.3 Å². The number of anilines is 1. The number of nitrogens with zero attached hydrogens (tertiary/aromatic N) is 1. The summed E-state index contributed by atoms with van der Waals surface area (Å²) in [4.78, 5) is 15.2. The lowest BCUT2D eigenvalue weighted by Crippen LogP contribution is -2.11. The van der Waals surface area contributed by atoms with E-state index < -0.39 is 5.97 Å². The maximum Gasteiger partial charge on any atom is 0.306 e. The lowest BCUT2D eigenvalue weighted by atomic mass is 10.1. The van der Waals surface area contributed by atoms with Crippen LogP contribution in [0.25, 0.3) is 11.3 Å². The Bertz CT molecular complexity index is 554. The van der Waals surface area contributed by atoms with Crippen molar-refractivity contribution in [2.24, 2.45) is 5.92 Å². The third kappa shape index (κ3) is 4.06. The van der Waals surface area contributed by atoms with E-state index in [0.717, 1.165) is 29.4 Å². The van der Waals surface area contributed by atoms with E-state index in [9.17, 15) is 4.79 Å². The number of carbonyl (C=O) groups is 1. The molecule has 1 aromatic carbocycles. The van der Waals surface area contributed by atoms with Gasteiger partial charge in [0, 0.05) is 17.5 Å². The second-order valence-corrected chi connectivity index (χ2v) is 5.57. The van der Waals surface area contributed by atoms with Gasteiger partial charge in [-0.2, -0.15) is 0 Å². The number of hydrogen-bond acceptors (Lipinski definition) is 4. The van der Waals surface area contributed by atoms with Crippen LogP contribution in [0.15, 0.2) is 35.7 Å². The van der Waals surface area contributed by atoms with E-state index in [1.165, 1.54) is 0 Å². The molecule has 0 fully saturated rings. The predicted octanol–water partition coefficient (Wildman–Crippen LogP) is 3.72. The molecule has 0 aliphatic carbocycles. The first-order valence-electron chi connectivity index (χ1n) is 6.64. The Morgan fingerprint density at radius 2 is 2.15 bits per heavy atom. The van der Waals surface area contributed by atoms with Gasteiger partial charge in [-0.05, 0) is 12.8 Å². The number of carboxylic acid groups (broad SMARTS) is 1. The van der Waals surface area contributed by atoms with Gasteiger partial charge < -0.3 is 10.4 Å². The molecule has 0 saturated carbocycles. The number of thiazole rings is 1. The summed E-state index contributed by atoms with van der Waals surface area (Å²) in [5, 5.41) is 14.9. The SMILES string of the molecule is CC(CCCNc1nc(-c2ccccc2)cs1)C(=O)O. The molecule has 2 aromatic rings. The van der Waals surface area contributed by atoms with E-state index in [2.05, 4.69) is 10.3 Å². The molecular formula is C15H18N2O2S. The van der Waals surface area contributed by atoms with Crippen molar-refractivity contribution in [2.75, 3.05) is 11.9 Å². The summed E-state index contributed by atoms with van der Waals surface area (Å²) in [6, 6.07) is 10.0. The smallest absolute Gasteiger partial charge is 0.306 e. The Kier molecular flexibility index (Phi) is 5.12. The molecule has 0 aliphatic rings. The van der Waals surface area contributed by atoms with Crippen LogP contribution >= 0.6 is 11.3 Å². The van der Waals surface area contributed by atoms with Gasteiger partial charge in [0.2, 0.25) is 0 Å². The zero-order valence-corrected chi connectivity index (χ0v) is 12.2. The van der Waals surface area contributed by atoms with E-state index in [0.29, 0.717) is 6.42 Å². The van der Waals surface area contributed by atoms with Gasteiger partial charge in [-0.3, -0.25) is 4.79 Å². The van der Waals surface area contributed by atoms with Gasteiger partial charge in [0.25, 0.3) is 0 Å². The van der Waals surface area contributed by atoms with E-state index in [1.54, 1.807) is 18.3 Å². The summed E-state index contributed by atoms with van der Waals surface area (Å²) in [6.45, 7) is 2.48. The second kappa shape index (κ2) is 7.05. The standard InChI is InChI=1S/C15H18N2O2S/c1-11(14(18)19)6-5-9-16-15-17-13(10-20-15)12-7-3-2-4-8-12/h2-4,7-8,10-11H,5-6,9H2,1H3,(H,16,17)(H,18,19). The highest BCUT2D eigenvalue weighted by Crippen LogP contribution is 2.24. The molecule has 106 valence electrons. The van der Waals surface area contributed by atoms with Crippen molar-refractivity contribution < 1.29 is 9.90 Å². The summed E-state index contributed by atoms with van der Waals surface area (Å²) >= 11 is 1.57. The van der Waals surface area contributed by atoms with Crippen molar-refractivity contribution in [3.8, 4) is 11.3 Å². The number of aliphatic carboxylic acids is 1. The van der Waals surface area contributed by atoms with Crippen LogP contribution in [-0.4, -0.2) is 22.6 Å². The van der Waals surface area contributed by atoms with Gasteiger partial charge in [0.05, 0.1) is 11.6 Å². The highest BCUT2D eigenvalue weighted by molar-refractivity contribution is 7.14. The maximum atomic E-state index is 10.7. The molecule has 1 aromatic heterocycles. The normalized spacial score (nSPS) is 12.1. The van der Waals surface area contributed by atoms with E-state index in [-0.39, 0.29) is 5.92 Å². The third-order valence-electron chi connectivity index (χ3n) is 3.09. The molecule has 20 heavy (non-hydrogen) atoms. The Morgan fingerprint density at radius 1 is 1.40 bits per heavy atom. The van der Waals surface area contributed by atoms with Gasteiger partial charge in [-0.1, -0.05) is 37.3 Å². The largest absolute Gasteiger partial charge is 0.481 e. The van der Waals surface area contributed by atoms with Crippen molar-refractivity contribution in [3.63, 3.8) is 0 Å². The first kappa shape index (κ1) is 14.5. The lowest BCUT2D eigenvalue weighted by Gasteiger charge is -2.06. The van der Waals surface area contributed by atoms with Crippen LogP contribution in [0.4, 0.5) is 5.13 Å². The number of rotatable bonds is 7. The number of aromatic nitrogens is 1. The van der Waals surface area contributed by atoms with Crippen molar-refractivity contribution >= 4 is 22.4 Å². The molecule has 1 unspecified atom stereocenters. The highest BCUT2D eigenvalue weighted by atomic mass is 32.1. The molecule has 0 amide bonds. The van der Waals surface area contributed by atoms with Crippen LogP contribution in [0.3, 0.4) is 0 Å². The molecule has 0 aliphatic heterocycles. The maximum absolute atomic E-state index is 10.7. The van der Waals surface area contributed by atoms with Crippen LogP contribution in [0.5, 0.6) is 0 Å². The Balaban J connectivity index is 1.81. The third-order valence-corrected chi connectivity index (χ3v) is 3.89. The van der Waals surface area contributed by atoms with Crippen LogP contribution in [0.1, 0.15) is 19.8 Å². The molecule has 4 nitrogen and oxygen atoms in total. The van der Waals surface area contributed by atoms with Gasteiger partial charge >= 0.3 is 5.97 Å². The number of benzene rings is 1. The monoisotopic (exact) mass is 290 g/mol. The van der Waals surface area contributed by atoms with Gasteiger partial charge in [0.15, 0.2) is 5.13 Å². The van der Waals surface area contributed by atoms with E-state index >= 15 is 0 Å². The number of hydrogen-bond donors (Lipinski definition) is 2. The highest BCUT2D eigenvalue weighted by Gasteiger charge is 2.10. The molecular weight excluding hydrogens is 272 g/mol. The van der Waals surface area contributed by atoms with Crippen LogP contribution in [-0.2, 0) is 4.79 Å². The number of carboxylic acids is 1.